The van der Waals surface area contributed by atoms with Gasteiger partial charge in [0.1, 0.15) is 0 Å². The van der Waals surface area contributed by atoms with Gasteiger partial charge in [0.2, 0.25) is 0 Å². The van der Waals surface area contributed by atoms with Crippen LogP contribution in [0.3, 0.4) is 0 Å². The highest BCUT2D eigenvalue weighted by molar-refractivity contribution is 7.80. The van der Waals surface area contributed by atoms with E-state index in [4.69, 9.17) is 29.6 Å². The number of hydrogen-bond donors (Lipinski definition) is 1. The Hall–Kier alpha value is -1.13. The minimum absolute atomic E-state index is 0.00980. The molecule has 0 bridgehead atoms. The van der Waals surface area contributed by atoms with Gasteiger partial charge in [-0.15, -0.1) is 0 Å². The Balaban J connectivity index is 3.10. The standard InChI is InChI=1S/C13H17ClN2OS/c1-8(2)16(7-11(15)18)13(17)10-6-4-5-9(3)12(10)14/h4-6,8H,7H2,1-3H3,(H2,15,18). The number of carbonyl (C=O) groups is 1. The number of benzene rings is 1. The second-order valence-electron chi connectivity index (χ2n) is 4.43. The molecule has 0 fully saturated rings. The summed E-state index contributed by atoms with van der Waals surface area (Å²) in [4.78, 5) is 14.3. The Bertz CT molecular complexity index is 474. The van der Waals surface area contributed by atoms with E-state index in [2.05, 4.69) is 0 Å². The summed E-state index contributed by atoms with van der Waals surface area (Å²) in [5.41, 5.74) is 6.88. The molecular weight excluding hydrogens is 268 g/mol. The molecule has 0 aliphatic heterocycles. The Labute approximate surface area is 118 Å². The maximum atomic E-state index is 12.4. The fourth-order valence-corrected chi connectivity index (χ4v) is 1.97. The van der Waals surface area contributed by atoms with Gasteiger partial charge in [0.05, 0.1) is 22.1 Å². The van der Waals surface area contributed by atoms with Crippen LogP contribution in [0.4, 0.5) is 0 Å². The van der Waals surface area contributed by atoms with Crippen LogP contribution in [-0.2, 0) is 0 Å². The Morgan fingerprint density at radius 1 is 1.50 bits per heavy atom. The van der Waals surface area contributed by atoms with Crippen molar-refractivity contribution >= 4 is 34.7 Å². The number of aryl methyl sites for hydroxylation is 1. The first-order valence-corrected chi connectivity index (χ1v) is 6.47. The maximum Gasteiger partial charge on any atom is 0.255 e. The van der Waals surface area contributed by atoms with E-state index in [0.29, 0.717) is 15.6 Å². The van der Waals surface area contributed by atoms with Gasteiger partial charge in [0.25, 0.3) is 5.91 Å². The average Bonchev–Trinajstić information content (AvgIpc) is 2.28. The molecule has 1 rings (SSSR count). The normalized spacial score (nSPS) is 10.5. The summed E-state index contributed by atoms with van der Waals surface area (Å²) in [6.45, 7) is 5.96. The van der Waals surface area contributed by atoms with Crippen molar-refractivity contribution in [3.8, 4) is 0 Å². The third-order valence-corrected chi connectivity index (χ3v) is 3.26. The van der Waals surface area contributed by atoms with Crippen molar-refractivity contribution < 1.29 is 4.79 Å². The van der Waals surface area contributed by atoms with Gasteiger partial charge in [-0.3, -0.25) is 4.79 Å². The van der Waals surface area contributed by atoms with Gasteiger partial charge in [-0.05, 0) is 32.4 Å². The Morgan fingerprint density at radius 2 is 2.11 bits per heavy atom. The molecule has 1 aromatic carbocycles. The zero-order valence-corrected chi connectivity index (χ0v) is 12.3. The lowest BCUT2D eigenvalue weighted by molar-refractivity contribution is 0.0736. The lowest BCUT2D eigenvalue weighted by Crippen LogP contribution is -2.42. The van der Waals surface area contributed by atoms with Gasteiger partial charge in [-0.25, -0.2) is 0 Å². The Morgan fingerprint density at radius 3 is 2.61 bits per heavy atom. The zero-order chi connectivity index (χ0) is 13.9. The van der Waals surface area contributed by atoms with E-state index >= 15 is 0 Å². The number of carbonyl (C=O) groups excluding carboxylic acids is 1. The van der Waals surface area contributed by atoms with Crippen LogP contribution in [0.15, 0.2) is 18.2 Å². The number of thiocarbonyl (C=S) groups is 1. The number of nitrogens with two attached hydrogens (primary N) is 1. The first-order chi connectivity index (χ1) is 8.34. The van der Waals surface area contributed by atoms with Crippen LogP contribution >= 0.6 is 23.8 Å². The first-order valence-electron chi connectivity index (χ1n) is 5.69. The third kappa shape index (κ3) is 3.43. The van der Waals surface area contributed by atoms with Crippen molar-refractivity contribution in [3.05, 3.63) is 34.3 Å². The second kappa shape index (κ2) is 6.16. The van der Waals surface area contributed by atoms with Crippen molar-refractivity contribution in [1.82, 2.24) is 4.90 Å². The van der Waals surface area contributed by atoms with Crippen molar-refractivity contribution in [1.29, 1.82) is 0 Å². The van der Waals surface area contributed by atoms with E-state index < -0.39 is 0 Å². The minimum atomic E-state index is -0.147. The number of amides is 1. The molecule has 98 valence electrons. The summed E-state index contributed by atoms with van der Waals surface area (Å²) >= 11 is 11.0. The van der Waals surface area contributed by atoms with Gasteiger partial charge in [0, 0.05) is 6.04 Å². The minimum Gasteiger partial charge on any atom is -0.392 e. The van der Waals surface area contributed by atoms with Crippen LogP contribution in [0.2, 0.25) is 5.02 Å². The molecule has 2 N–H and O–H groups in total. The number of halogens is 1. The summed E-state index contributed by atoms with van der Waals surface area (Å²) in [5.74, 6) is -0.147. The van der Waals surface area contributed by atoms with Crippen LogP contribution in [-0.4, -0.2) is 28.4 Å². The number of hydrogen-bond acceptors (Lipinski definition) is 2. The molecule has 18 heavy (non-hydrogen) atoms. The molecule has 0 aliphatic carbocycles. The maximum absolute atomic E-state index is 12.4. The largest absolute Gasteiger partial charge is 0.392 e. The predicted molar refractivity (Wildman–Crippen MR) is 79.1 cm³/mol. The molecule has 3 nitrogen and oxygen atoms in total. The summed E-state index contributed by atoms with van der Waals surface area (Å²) in [6.07, 6.45) is 0. The third-order valence-electron chi connectivity index (χ3n) is 2.63. The molecule has 0 saturated carbocycles. The zero-order valence-electron chi connectivity index (χ0n) is 10.7. The summed E-state index contributed by atoms with van der Waals surface area (Å²) in [7, 11) is 0. The lowest BCUT2D eigenvalue weighted by atomic mass is 10.1. The van der Waals surface area contributed by atoms with E-state index in [1.807, 2.05) is 32.9 Å². The Kier molecular flexibility index (Phi) is 5.11. The molecule has 1 amide bonds. The lowest BCUT2D eigenvalue weighted by Gasteiger charge is -2.26. The monoisotopic (exact) mass is 284 g/mol. The van der Waals surface area contributed by atoms with Crippen LogP contribution in [0.5, 0.6) is 0 Å². The summed E-state index contributed by atoms with van der Waals surface area (Å²) < 4.78 is 0. The fraction of sp³-hybridized carbons (Fsp3) is 0.385. The molecule has 0 heterocycles. The number of nitrogens with zero attached hydrogens (tertiary/aromatic N) is 1. The first kappa shape index (κ1) is 14.9. The highest BCUT2D eigenvalue weighted by Gasteiger charge is 2.21. The molecule has 0 atom stereocenters. The van der Waals surface area contributed by atoms with Gasteiger partial charge >= 0.3 is 0 Å². The van der Waals surface area contributed by atoms with Gasteiger partial charge in [-0.2, -0.15) is 0 Å². The molecular formula is C13H17ClN2OS. The van der Waals surface area contributed by atoms with Crippen LogP contribution in [0.1, 0.15) is 29.8 Å². The summed E-state index contributed by atoms with van der Waals surface area (Å²) in [5, 5.41) is 0.482. The smallest absolute Gasteiger partial charge is 0.255 e. The van der Waals surface area contributed by atoms with Crippen molar-refractivity contribution in [2.45, 2.75) is 26.8 Å². The molecule has 0 spiro atoms. The molecule has 0 aliphatic rings. The number of rotatable bonds is 4. The summed E-state index contributed by atoms with van der Waals surface area (Å²) in [6, 6.07) is 5.41. The molecule has 1 aromatic rings. The van der Waals surface area contributed by atoms with Gasteiger partial charge < -0.3 is 10.6 Å². The fourth-order valence-electron chi connectivity index (χ4n) is 1.62. The SMILES string of the molecule is Cc1cccc(C(=O)N(CC(N)=S)C(C)C)c1Cl. The van der Waals surface area contributed by atoms with E-state index in [-0.39, 0.29) is 18.5 Å². The van der Waals surface area contributed by atoms with Crippen molar-refractivity contribution in [2.24, 2.45) is 5.73 Å². The molecule has 0 unspecified atom stereocenters. The van der Waals surface area contributed by atoms with Crippen LogP contribution in [0.25, 0.3) is 0 Å². The molecule has 0 aromatic heterocycles. The molecule has 0 radical (unpaired) electrons. The van der Waals surface area contributed by atoms with E-state index in [1.165, 1.54) is 0 Å². The quantitative estimate of drug-likeness (QED) is 0.865. The van der Waals surface area contributed by atoms with Gasteiger partial charge in [-0.1, -0.05) is 36.0 Å². The second-order valence-corrected chi connectivity index (χ2v) is 5.33. The van der Waals surface area contributed by atoms with Crippen molar-refractivity contribution in [2.75, 3.05) is 6.54 Å². The van der Waals surface area contributed by atoms with Crippen molar-refractivity contribution in [3.63, 3.8) is 0 Å². The highest BCUT2D eigenvalue weighted by atomic mass is 35.5. The predicted octanol–water partition coefficient (Wildman–Crippen LogP) is 2.79. The molecule has 0 saturated heterocycles. The van der Waals surface area contributed by atoms with E-state index in [1.54, 1.807) is 11.0 Å². The highest BCUT2D eigenvalue weighted by Crippen LogP contribution is 2.22. The van der Waals surface area contributed by atoms with E-state index in [0.717, 1.165) is 5.56 Å². The van der Waals surface area contributed by atoms with Crippen LogP contribution in [0, 0.1) is 6.92 Å². The van der Waals surface area contributed by atoms with Gasteiger partial charge in [0.15, 0.2) is 0 Å². The molecule has 5 heteroatoms. The average molecular weight is 285 g/mol. The van der Waals surface area contributed by atoms with E-state index in [9.17, 15) is 4.79 Å². The topological polar surface area (TPSA) is 46.3 Å². The van der Waals surface area contributed by atoms with Crippen LogP contribution < -0.4 is 5.73 Å².